The van der Waals surface area contributed by atoms with Gasteiger partial charge in [0, 0.05) is 50.9 Å². The SMILES string of the molecule is CCOC(=O)N1CCN(c2c(C(=O)OC)cnc3ccc(S(=O)(=O)N(C)C4CCCCC4)cc23)CC1. The number of fused-ring (bicyclic) bond motifs is 1. The van der Waals surface area contributed by atoms with E-state index in [1.165, 1.54) is 17.6 Å². The third-order valence-corrected chi connectivity index (χ3v) is 9.01. The summed E-state index contributed by atoms with van der Waals surface area (Å²) >= 11 is 0. The summed E-state index contributed by atoms with van der Waals surface area (Å²) in [5, 5.41) is 0.556. The normalized spacial score (nSPS) is 17.4. The number of nitrogens with zero attached hydrogens (tertiary/aromatic N) is 4. The number of ether oxygens (including phenoxy) is 2. The van der Waals surface area contributed by atoms with E-state index in [4.69, 9.17) is 9.47 Å². The average Bonchev–Trinajstić information content (AvgIpc) is 2.91. The molecule has 0 atom stereocenters. The van der Waals surface area contributed by atoms with Crippen LogP contribution in [0.1, 0.15) is 49.4 Å². The zero-order valence-corrected chi connectivity index (χ0v) is 21.9. The van der Waals surface area contributed by atoms with Gasteiger partial charge in [-0.05, 0) is 38.0 Å². The first kappa shape index (κ1) is 26.2. The van der Waals surface area contributed by atoms with Gasteiger partial charge in [0.15, 0.2) is 0 Å². The smallest absolute Gasteiger partial charge is 0.409 e. The highest BCUT2D eigenvalue weighted by atomic mass is 32.2. The molecule has 196 valence electrons. The van der Waals surface area contributed by atoms with Crippen molar-refractivity contribution >= 4 is 38.7 Å². The predicted octanol–water partition coefficient (Wildman–Crippen LogP) is 3.25. The molecule has 1 saturated carbocycles. The molecule has 36 heavy (non-hydrogen) atoms. The Kier molecular flexibility index (Phi) is 7.99. The van der Waals surface area contributed by atoms with Crippen molar-refractivity contribution in [1.29, 1.82) is 0 Å². The minimum atomic E-state index is -3.74. The van der Waals surface area contributed by atoms with Crippen LogP contribution in [0.3, 0.4) is 0 Å². The van der Waals surface area contributed by atoms with Gasteiger partial charge in [-0.1, -0.05) is 19.3 Å². The summed E-state index contributed by atoms with van der Waals surface area (Å²) in [4.78, 5) is 33.0. The first-order valence-electron chi connectivity index (χ1n) is 12.4. The van der Waals surface area contributed by atoms with Gasteiger partial charge >= 0.3 is 12.1 Å². The van der Waals surface area contributed by atoms with Crippen LogP contribution in [0.4, 0.5) is 10.5 Å². The lowest BCUT2D eigenvalue weighted by atomic mass is 9.96. The second-order valence-corrected chi connectivity index (χ2v) is 11.2. The Labute approximate surface area is 212 Å². The summed E-state index contributed by atoms with van der Waals surface area (Å²) in [6.45, 7) is 3.77. The fourth-order valence-electron chi connectivity index (χ4n) is 5.05. The molecule has 0 N–H and O–H groups in total. The molecule has 0 unspecified atom stereocenters. The van der Waals surface area contributed by atoms with Gasteiger partial charge in [0.25, 0.3) is 0 Å². The van der Waals surface area contributed by atoms with E-state index in [1.54, 1.807) is 37.1 Å². The zero-order chi connectivity index (χ0) is 25.9. The Bertz CT molecular complexity index is 1220. The maximum absolute atomic E-state index is 13.6. The van der Waals surface area contributed by atoms with E-state index in [0.717, 1.165) is 32.1 Å². The van der Waals surface area contributed by atoms with Crippen LogP contribution in [-0.2, 0) is 19.5 Å². The summed E-state index contributed by atoms with van der Waals surface area (Å²) < 4.78 is 38.7. The second-order valence-electron chi connectivity index (χ2n) is 9.18. The number of amides is 1. The van der Waals surface area contributed by atoms with E-state index < -0.39 is 16.0 Å². The number of hydrogen-bond donors (Lipinski definition) is 0. The molecule has 2 aliphatic rings. The van der Waals surface area contributed by atoms with Crippen LogP contribution in [0.15, 0.2) is 29.3 Å². The summed E-state index contributed by atoms with van der Waals surface area (Å²) in [7, 11) is -0.794. The Morgan fingerprint density at radius 2 is 1.81 bits per heavy atom. The lowest BCUT2D eigenvalue weighted by Crippen LogP contribution is -2.49. The van der Waals surface area contributed by atoms with Crippen LogP contribution >= 0.6 is 0 Å². The van der Waals surface area contributed by atoms with Crippen LogP contribution in [0.5, 0.6) is 0 Å². The number of methoxy groups -OCH3 is 1. The van der Waals surface area contributed by atoms with Crippen LogP contribution in [0, 0.1) is 0 Å². The molecule has 4 rings (SSSR count). The van der Waals surface area contributed by atoms with Crippen molar-refractivity contribution in [1.82, 2.24) is 14.2 Å². The highest BCUT2D eigenvalue weighted by Gasteiger charge is 2.31. The van der Waals surface area contributed by atoms with Crippen molar-refractivity contribution in [3.63, 3.8) is 0 Å². The van der Waals surface area contributed by atoms with Crippen molar-refractivity contribution in [2.24, 2.45) is 0 Å². The lowest BCUT2D eigenvalue weighted by molar-refractivity contribution is 0.0600. The number of rotatable bonds is 6. The zero-order valence-electron chi connectivity index (χ0n) is 21.1. The molecule has 11 heteroatoms. The van der Waals surface area contributed by atoms with Crippen molar-refractivity contribution < 1.29 is 27.5 Å². The van der Waals surface area contributed by atoms with Crippen LogP contribution < -0.4 is 4.90 Å². The quantitative estimate of drug-likeness (QED) is 0.536. The first-order valence-corrected chi connectivity index (χ1v) is 13.9. The van der Waals surface area contributed by atoms with E-state index in [-0.39, 0.29) is 22.6 Å². The topological polar surface area (TPSA) is 109 Å². The largest absolute Gasteiger partial charge is 0.465 e. The van der Waals surface area contributed by atoms with E-state index >= 15 is 0 Å². The third kappa shape index (κ3) is 5.12. The number of benzene rings is 1. The highest BCUT2D eigenvalue weighted by molar-refractivity contribution is 7.89. The fourth-order valence-corrected chi connectivity index (χ4v) is 6.50. The van der Waals surface area contributed by atoms with E-state index in [2.05, 4.69) is 4.98 Å². The number of sulfonamides is 1. The number of aromatic nitrogens is 1. The van der Waals surface area contributed by atoms with Gasteiger partial charge in [-0.2, -0.15) is 4.31 Å². The molecule has 0 bridgehead atoms. The summed E-state index contributed by atoms with van der Waals surface area (Å²) in [6, 6.07) is 4.84. The van der Waals surface area contributed by atoms with Gasteiger partial charge in [0.2, 0.25) is 10.0 Å². The molecule has 1 saturated heterocycles. The third-order valence-electron chi connectivity index (χ3n) is 7.10. The molecule has 1 amide bonds. The number of pyridine rings is 1. The maximum atomic E-state index is 13.6. The van der Waals surface area contributed by atoms with Gasteiger partial charge in [-0.25, -0.2) is 18.0 Å². The predicted molar refractivity (Wildman–Crippen MR) is 136 cm³/mol. The lowest BCUT2D eigenvalue weighted by Gasteiger charge is -2.36. The first-order chi connectivity index (χ1) is 17.3. The van der Waals surface area contributed by atoms with Gasteiger partial charge in [0.1, 0.15) is 5.56 Å². The molecule has 2 aromatic rings. The van der Waals surface area contributed by atoms with Crippen molar-refractivity contribution in [3.05, 3.63) is 30.0 Å². The molecule has 2 fully saturated rings. The van der Waals surface area contributed by atoms with Gasteiger partial charge in [0.05, 0.1) is 29.8 Å². The van der Waals surface area contributed by atoms with Crippen molar-refractivity contribution in [2.75, 3.05) is 51.8 Å². The Hall–Kier alpha value is -2.92. The summed E-state index contributed by atoms with van der Waals surface area (Å²) in [6.07, 6.45) is 5.98. The molecule has 1 aromatic heterocycles. The minimum Gasteiger partial charge on any atom is -0.465 e. The number of anilines is 1. The standard InChI is InChI=1S/C25H34N4O6S/c1-4-35-25(31)29-14-12-28(13-15-29)23-20-16-19(10-11-22(20)26-17-21(23)24(30)34-3)36(32,33)27(2)18-8-6-5-7-9-18/h10-11,16-18H,4-9,12-15H2,1-3H3. The van der Waals surface area contributed by atoms with E-state index in [0.29, 0.717) is 49.4 Å². The van der Waals surface area contributed by atoms with Crippen LogP contribution in [0.25, 0.3) is 10.9 Å². The Morgan fingerprint density at radius 3 is 2.44 bits per heavy atom. The molecule has 1 aliphatic carbocycles. The highest BCUT2D eigenvalue weighted by Crippen LogP contribution is 2.34. The molecular weight excluding hydrogens is 484 g/mol. The molecule has 0 radical (unpaired) electrons. The summed E-state index contributed by atoms with van der Waals surface area (Å²) in [5.41, 5.74) is 1.39. The molecule has 2 heterocycles. The van der Waals surface area contributed by atoms with Gasteiger partial charge in [-0.15, -0.1) is 0 Å². The monoisotopic (exact) mass is 518 g/mol. The minimum absolute atomic E-state index is 0.0191. The maximum Gasteiger partial charge on any atom is 0.409 e. The number of hydrogen-bond acceptors (Lipinski definition) is 8. The fraction of sp³-hybridized carbons (Fsp3) is 0.560. The van der Waals surface area contributed by atoms with Crippen LogP contribution in [-0.4, -0.2) is 87.7 Å². The van der Waals surface area contributed by atoms with Crippen molar-refractivity contribution in [3.8, 4) is 0 Å². The molecule has 1 aromatic carbocycles. The number of carbonyl (C=O) groups excluding carboxylic acids is 2. The molecule has 10 nitrogen and oxygen atoms in total. The Balaban J connectivity index is 1.73. The van der Waals surface area contributed by atoms with Gasteiger partial charge in [-0.3, -0.25) is 4.98 Å². The molecule has 1 aliphatic heterocycles. The van der Waals surface area contributed by atoms with E-state index in [1.807, 2.05) is 4.90 Å². The number of esters is 1. The van der Waals surface area contributed by atoms with Crippen molar-refractivity contribution in [2.45, 2.75) is 50.0 Å². The molecular formula is C25H34N4O6S. The van der Waals surface area contributed by atoms with Gasteiger partial charge < -0.3 is 19.3 Å². The Morgan fingerprint density at radius 1 is 1.11 bits per heavy atom. The number of carbonyl (C=O) groups is 2. The summed E-state index contributed by atoms with van der Waals surface area (Å²) in [5.74, 6) is -0.556. The van der Waals surface area contributed by atoms with E-state index in [9.17, 15) is 18.0 Å². The number of piperazine rings is 1. The van der Waals surface area contributed by atoms with Crippen LogP contribution in [0.2, 0.25) is 0 Å². The average molecular weight is 519 g/mol. The second kappa shape index (κ2) is 11.0. The molecule has 0 spiro atoms.